The Morgan fingerprint density at radius 2 is 1.71 bits per heavy atom. The molecule has 0 unspecified atom stereocenters. The average molecular weight is 347 g/mol. The van der Waals surface area contributed by atoms with Gasteiger partial charge >= 0.3 is 0 Å². The van der Waals surface area contributed by atoms with Crippen molar-refractivity contribution in [3.8, 4) is 0 Å². The lowest BCUT2D eigenvalue weighted by Gasteiger charge is -2.39. The van der Waals surface area contributed by atoms with Gasteiger partial charge in [0.15, 0.2) is 0 Å². The maximum absolute atomic E-state index is 5.99. The van der Waals surface area contributed by atoms with Gasteiger partial charge in [0.2, 0.25) is 0 Å². The van der Waals surface area contributed by atoms with E-state index in [9.17, 15) is 0 Å². The minimum absolute atomic E-state index is 0.410. The van der Waals surface area contributed by atoms with E-state index in [0.717, 1.165) is 31.2 Å². The summed E-state index contributed by atoms with van der Waals surface area (Å²) in [4.78, 5) is 5.11. The highest BCUT2D eigenvalue weighted by Gasteiger charge is 2.28. The lowest BCUT2D eigenvalue weighted by atomic mass is 9.71. The van der Waals surface area contributed by atoms with Crippen LogP contribution in [0, 0.1) is 5.41 Å². The van der Waals surface area contributed by atoms with Gasteiger partial charge in [0.25, 0.3) is 0 Å². The molecule has 2 nitrogen and oxygen atoms in total. The zero-order chi connectivity index (χ0) is 17.2. The lowest BCUT2D eigenvalue weighted by Crippen LogP contribution is -2.46. The first-order valence-electron chi connectivity index (χ1n) is 9.38. The summed E-state index contributed by atoms with van der Waals surface area (Å²) in [5.74, 6) is 0. The van der Waals surface area contributed by atoms with E-state index in [-0.39, 0.29) is 0 Å². The van der Waals surface area contributed by atoms with Gasteiger partial charge in [0.05, 0.1) is 0 Å². The zero-order valence-electron chi connectivity index (χ0n) is 15.4. The van der Waals surface area contributed by atoms with Crippen LogP contribution in [-0.2, 0) is 0 Å². The molecule has 0 aromatic heterocycles. The Balaban J connectivity index is 1.51. The van der Waals surface area contributed by atoms with Crippen molar-refractivity contribution >= 4 is 17.3 Å². The lowest BCUT2D eigenvalue weighted by molar-refractivity contribution is 0.249. The Morgan fingerprint density at radius 1 is 1.04 bits per heavy atom. The highest BCUT2D eigenvalue weighted by molar-refractivity contribution is 6.30. The topological polar surface area (TPSA) is 6.48 Å². The smallest absolute Gasteiger partial charge is 0.0407 e. The molecule has 1 heterocycles. The maximum atomic E-state index is 5.99. The van der Waals surface area contributed by atoms with Crippen LogP contribution in [0.4, 0.5) is 5.69 Å². The van der Waals surface area contributed by atoms with E-state index in [1.165, 1.54) is 37.9 Å². The van der Waals surface area contributed by atoms with E-state index in [0.29, 0.717) is 5.41 Å². The molecule has 1 saturated heterocycles. The minimum atomic E-state index is 0.410. The van der Waals surface area contributed by atoms with Gasteiger partial charge in [-0.05, 0) is 62.3 Å². The molecule has 3 heteroatoms. The molecular weight excluding hydrogens is 316 g/mol. The molecule has 1 aliphatic heterocycles. The summed E-state index contributed by atoms with van der Waals surface area (Å²) in [5, 5.41) is 0.816. The summed E-state index contributed by atoms with van der Waals surface area (Å²) < 4.78 is 0. The van der Waals surface area contributed by atoms with Gasteiger partial charge in [0, 0.05) is 43.4 Å². The van der Waals surface area contributed by atoms with E-state index in [2.05, 4.69) is 42.7 Å². The van der Waals surface area contributed by atoms with Crippen molar-refractivity contribution in [2.45, 2.75) is 46.5 Å². The highest BCUT2D eigenvalue weighted by Crippen LogP contribution is 2.41. The number of hydrogen-bond acceptors (Lipinski definition) is 2. The van der Waals surface area contributed by atoms with Gasteiger partial charge in [-0.2, -0.15) is 0 Å². The quantitative estimate of drug-likeness (QED) is 0.675. The van der Waals surface area contributed by atoms with E-state index < -0.39 is 0 Å². The Bertz CT molecular complexity index is 580. The number of nitrogens with zero attached hydrogens (tertiary/aromatic N) is 2. The summed E-state index contributed by atoms with van der Waals surface area (Å²) in [6.07, 6.45) is 5.27. The molecule has 132 valence electrons. The fourth-order valence-electron chi connectivity index (χ4n) is 4.38. The number of allylic oxidation sites excluding steroid dienone is 1. The predicted molar refractivity (Wildman–Crippen MR) is 105 cm³/mol. The highest BCUT2D eigenvalue weighted by atomic mass is 35.5. The molecule has 3 rings (SSSR count). The summed E-state index contributed by atoms with van der Waals surface area (Å²) in [6, 6.07) is 8.25. The van der Waals surface area contributed by atoms with E-state index in [1.807, 2.05) is 12.1 Å². The number of anilines is 1. The Labute approximate surface area is 152 Å². The van der Waals surface area contributed by atoms with Crippen molar-refractivity contribution in [1.29, 1.82) is 0 Å². The summed E-state index contributed by atoms with van der Waals surface area (Å²) in [5.41, 5.74) is 5.10. The molecule has 1 aromatic rings. The molecule has 0 saturated carbocycles. The molecule has 24 heavy (non-hydrogen) atoms. The van der Waals surface area contributed by atoms with Crippen LogP contribution in [0.1, 0.15) is 46.5 Å². The van der Waals surface area contributed by atoms with E-state index in [1.54, 1.807) is 11.1 Å². The third kappa shape index (κ3) is 4.15. The van der Waals surface area contributed by atoms with Crippen LogP contribution in [0.25, 0.3) is 0 Å². The Morgan fingerprint density at radius 3 is 2.33 bits per heavy atom. The van der Waals surface area contributed by atoms with E-state index >= 15 is 0 Å². The van der Waals surface area contributed by atoms with Gasteiger partial charge in [0.1, 0.15) is 0 Å². The second-order valence-corrected chi connectivity index (χ2v) is 8.49. The molecule has 0 bridgehead atoms. The maximum Gasteiger partial charge on any atom is 0.0407 e. The first-order chi connectivity index (χ1) is 11.5. The second kappa shape index (κ2) is 7.49. The van der Waals surface area contributed by atoms with Gasteiger partial charge in [-0.3, -0.25) is 4.90 Å². The van der Waals surface area contributed by atoms with Crippen molar-refractivity contribution in [3.05, 3.63) is 40.4 Å². The number of benzene rings is 1. The zero-order valence-corrected chi connectivity index (χ0v) is 16.2. The van der Waals surface area contributed by atoms with Crippen molar-refractivity contribution in [1.82, 2.24) is 4.90 Å². The minimum Gasteiger partial charge on any atom is -0.369 e. The molecule has 0 radical (unpaired) electrons. The molecule has 0 atom stereocenters. The third-order valence-electron chi connectivity index (χ3n) is 5.93. The largest absolute Gasteiger partial charge is 0.369 e. The standard InChI is InChI=1S/C21H31ClN2/c1-17-5-4-11-21(2,3)20(17)10-12-23-13-15-24(16-14-23)19-8-6-18(22)7-9-19/h6-9H,4-5,10-16H2,1-3H3. The fraction of sp³-hybridized carbons (Fsp3) is 0.619. The summed E-state index contributed by atoms with van der Waals surface area (Å²) in [7, 11) is 0. The Kier molecular flexibility index (Phi) is 5.56. The van der Waals surface area contributed by atoms with Gasteiger partial charge < -0.3 is 4.90 Å². The van der Waals surface area contributed by atoms with Crippen LogP contribution in [0.3, 0.4) is 0 Å². The SMILES string of the molecule is CC1=C(CCN2CCN(c3ccc(Cl)cc3)CC2)C(C)(C)CCC1. The van der Waals surface area contributed by atoms with Crippen LogP contribution >= 0.6 is 11.6 Å². The summed E-state index contributed by atoms with van der Waals surface area (Å²) in [6.45, 7) is 13.0. The first kappa shape index (κ1) is 17.8. The molecular formula is C21H31ClN2. The molecule has 0 N–H and O–H groups in total. The Hall–Kier alpha value is -0.990. The first-order valence-corrected chi connectivity index (χ1v) is 9.75. The molecule has 2 aliphatic rings. The number of rotatable bonds is 4. The van der Waals surface area contributed by atoms with Gasteiger partial charge in [-0.25, -0.2) is 0 Å². The number of hydrogen-bond donors (Lipinski definition) is 0. The fourth-order valence-corrected chi connectivity index (χ4v) is 4.50. The van der Waals surface area contributed by atoms with Crippen LogP contribution in [0.5, 0.6) is 0 Å². The predicted octanol–water partition coefficient (Wildman–Crippen LogP) is 5.38. The van der Waals surface area contributed by atoms with Crippen LogP contribution in [0.15, 0.2) is 35.4 Å². The molecule has 1 aromatic carbocycles. The van der Waals surface area contributed by atoms with Crippen molar-refractivity contribution in [2.24, 2.45) is 5.41 Å². The van der Waals surface area contributed by atoms with Crippen LogP contribution < -0.4 is 4.90 Å². The second-order valence-electron chi connectivity index (χ2n) is 8.05. The van der Waals surface area contributed by atoms with Gasteiger partial charge in [-0.15, -0.1) is 0 Å². The monoisotopic (exact) mass is 346 g/mol. The van der Waals surface area contributed by atoms with Crippen LogP contribution in [-0.4, -0.2) is 37.6 Å². The molecule has 1 aliphatic carbocycles. The third-order valence-corrected chi connectivity index (χ3v) is 6.18. The van der Waals surface area contributed by atoms with Gasteiger partial charge in [-0.1, -0.05) is 36.6 Å². The normalized spacial score (nSPS) is 22.1. The average Bonchev–Trinajstić information content (AvgIpc) is 2.55. The summed E-state index contributed by atoms with van der Waals surface area (Å²) >= 11 is 5.99. The molecule has 0 amide bonds. The van der Waals surface area contributed by atoms with E-state index in [4.69, 9.17) is 11.6 Å². The van der Waals surface area contributed by atoms with Crippen LogP contribution in [0.2, 0.25) is 5.02 Å². The van der Waals surface area contributed by atoms with Crippen molar-refractivity contribution in [3.63, 3.8) is 0 Å². The number of piperazine rings is 1. The molecule has 0 spiro atoms. The van der Waals surface area contributed by atoms with Crippen molar-refractivity contribution < 1.29 is 0 Å². The number of halogens is 1. The van der Waals surface area contributed by atoms with Crippen molar-refractivity contribution in [2.75, 3.05) is 37.6 Å². The molecule has 1 fully saturated rings.